The fraction of sp³-hybridized carbons (Fsp3) is 0.259. The lowest BCUT2D eigenvalue weighted by Crippen LogP contribution is -2.25. The fourth-order valence-electron chi connectivity index (χ4n) is 3.51. The van der Waals surface area contributed by atoms with Crippen molar-refractivity contribution in [1.29, 1.82) is 5.26 Å². The van der Waals surface area contributed by atoms with Crippen molar-refractivity contribution in [3.63, 3.8) is 0 Å². The minimum atomic E-state index is -3.61. The van der Waals surface area contributed by atoms with Crippen molar-refractivity contribution in [3.8, 4) is 17.6 Å². The molecule has 0 saturated heterocycles. The van der Waals surface area contributed by atoms with E-state index in [-0.39, 0.29) is 17.2 Å². The first-order valence-corrected chi connectivity index (χ1v) is 14.7. The molecule has 2 N–H and O–H groups in total. The fourth-order valence-corrected chi connectivity index (χ4v) is 5.32. The molecule has 0 spiro atoms. The Morgan fingerprint density at radius 2 is 1.86 bits per heavy atom. The quantitative estimate of drug-likeness (QED) is 0.287. The van der Waals surface area contributed by atoms with Crippen LogP contribution in [-0.2, 0) is 21.2 Å². The third-order valence-electron chi connectivity index (χ3n) is 5.45. The second-order valence-electron chi connectivity index (χ2n) is 8.44. The van der Waals surface area contributed by atoms with Crippen molar-refractivity contribution in [2.45, 2.75) is 31.6 Å². The average molecular weight is 558 g/mol. The van der Waals surface area contributed by atoms with Gasteiger partial charge in [-0.3, -0.25) is 4.79 Å². The predicted molar refractivity (Wildman–Crippen MR) is 149 cm³/mol. The maximum Gasteiger partial charge on any atom is 0.240 e. The highest BCUT2D eigenvalue weighted by atomic mass is 35.5. The number of nitrogens with zero attached hydrogens (tertiary/aromatic N) is 1. The summed E-state index contributed by atoms with van der Waals surface area (Å²) >= 11 is 7.74. The summed E-state index contributed by atoms with van der Waals surface area (Å²) in [7, 11) is -3.61. The van der Waals surface area contributed by atoms with Gasteiger partial charge in [0, 0.05) is 17.3 Å². The van der Waals surface area contributed by atoms with Crippen LogP contribution in [0.5, 0.6) is 11.5 Å². The molecule has 0 atom stereocenters. The van der Waals surface area contributed by atoms with Gasteiger partial charge in [-0.15, -0.1) is 0 Å². The van der Waals surface area contributed by atoms with E-state index >= 15 is 0 Å². The number of rotatable bonds is 11. The molecule has 10 heteroatoms. The van der Waals surface area contributed by atoms with Crippen LogP contribution in [0.1, 0.15) is 28.7 Å². The number of nitrogens with one attached hydrogen (secondary N) is 2. The standard InChI is InChI=1S/C27H28ClN3O4S2/c1-18-5-6-20(14-26(18)35-23-13-21(17-29)12-22(28)16-23)15-27(32)31-25-8-7-24(11-19(25)2)37(33,34)30-9-4-10-36-3/h5-8,11-14,16,30H,4,9-10,15H2,1-3H3,(H,31,32). The summed E-state index contributed by atoms with van der Waals surface area (Å²) in [5.74, 6) is 1.60. The van der Waals surface area contributed by atoms with Crippen LogP contribution < -0.4 is 14.8 Å². The van der Waals surface area contributed by atoms with E-state index < -0.39 is 10.0 Å². The number of benzene rings is 3. The summed E-state index contributed by atoms with van der Waals surface area (Å²) in [6.45, 7) is 4.01. The number of carbonyl (C=O) groups excluding carboxylic acids is 1. The van der Waals surface area contributed by atoms with Crippen LogP contribution in [-0.4, -0.2) is 32.9 Å². The Morgan fingerprint density at radius 1 is 1.08 bits per heavy atom. The lowest BCUT2D eigenvalue weighted by molar-refractivity contribution is -0.115. The summed E-state index contributed by atoms with van der Waals surface area (Å²) in [5.41, 5.74) is 3.15. The number of ether oxygens (including phenoxy) is 1. The summed E-state index contributed by atoms with van der Waals surface area (Å²) in [6, 6.07) is 16.9. The van der Waals surface area contributed by atoms with Crippen LogP contribution >= 0.6 is 23.4 Å². The first-order valence-electron chi connectivity index (χ1n) is 11.5. The highest BCUT2D eigenvalue weighted by Gasteiger charge is 2.16. The lowest BCUT2D eigenvalue weighted by Gasteiger charge is -2.13. The van der Waals surface area contributed by atoms with Gasteiger partial charge in [-0.2, -0.15) is 17.0 Å². The zero-order valence-electron chi connectivity index (χ0n) is 20.8. The van der Waals surface area contributed by atoms with E-state index in [9.17, 15) is 13.2 Å². The number of halogens is 1. The third kappa shape index (κ3) is 8.23. The molecule has 7 nitrogen and oxygen atoms in total. The van der Waals surface area contributed by atoms with Gasteiger partial charge in [-0.25, -0.2) is 13.1 Å². The van der Waals surface area contributed by atoms with Gasteiger partial charge in [0.1, 0.15) is 11.5 Å². The number of sulfonamides is 1. The van der Waals surface area contributed by atoms with Crippen molar-refractivity contribution in [1.82, 2.24) is 4.72 Å². The molecule has 3 aromatic rings. The molecule has 0 aliphatic heterocycles. The van der Waals surface area contributed by atoms with Gasteiger partial charge in [0.2, 0.25) is 15.9 Å². The Labute approximate surface area is 227 Å². The summed E-state index contributed by atoms with van der Waals surface area (Å²) in [6.07, 6.45) is 2.81. The Kier molecular flexibility index (Phi) is 10.0. The van der Waals surface area contributed by atoms with Gasteiger partial charge in [0.15, 0.2) is 0 Å². The van der Waals surface area contributed by atoms with E-state index in [1.165, 1.54) is 6.07 Å². The van der Waals surface area contributed by atoms with Crippen molar-refractivity contribution in [3.05, 3.63) is 81.9 Å². The summed E-state index contributed by atoms with van der Waals surface area (Å²) in [5, 5.41) is 12.4. The zero-order chi connectivity index (χ0) is 27.0. The van der Waals surface area contributed by atoms with E-state index in [2.05, 4.69) is 10.0 Å². The van der Waals surface area contributed by atoms with Crippen LogP contribution in [0.2, 0.25) is 5.02 Å². The molecule has 0 radical (unpaired) electrons. The number of carbonyl (C=O) groups is 1. The Hall–Kier alpha value is -3.03. The van der Waals surface area contributed by atoms with Gasteiger partial charge < -0.3 is 10.1 Å². The van der Waals surface area contributed by atoms with Gasteiger partial charge in [-0.05, 0) is 91.4 Å². The molecule has 0 bridgehead atoms. The van der Waals surface area contributed by atoms with E-state index in [0.29, 0.717) is 39.9 Å². The lowest BCUT2D eigenvalue weighted by atomic mass is 10.1. The van der Waals surface area contributed by atoms with E-state index in [4.69, 9.17) is 21.6 Å². The molecule has 1 amide bonds. The summed E-state index contributed by atoms with van der Waals surface area (Å²) < 4.78 is 33.6. The summed E-state index contributed by atoms with van der Waals surface area (Å²) in [4.78, 5) is 12.9. The van der Waals surface area contributed by atoms with E-state index in [1.54, 1.807) is 55.1 Å². The molecule has 0 unspecified atom stereocenters. The first kappa shape index (κ1) is 28.5. The molecule has 0 saturated carbocycles. The average Bonchev–Trinajstić information content (AvgIpc) is 2.84. The van der Waals surface area contributed by atoms with Crippen molar-refractivity contribution >= 4 is 45.0 Å². The highest BCUT2D eigenvalue weighted by Crippen LogP contribution is 2.29. The molecule has 0 fully saturated rings. The SMILES string of the molecule is CSCCCNS(=O)(=O)c1ccc(NC(=O)Cc2ccc(C)c(Oc3cc(Cl)cc(C#N)c3)c2)c(C)c1. The monoisotopic (exact) mass is 557 g/mol. The zero-order valence-corrected chi connectivity index (χ0v) is 23.2. The Balaban J connectivity index is 1.68. The Bertz CT molecular complexity index is 1440. The molecule has 194 valence electrons. The number of nitriles is 1. The number of amides is 1. The van der Waals surface area contributed by atoms with Crippen LogP contribution in [0, 0.1) is 25.2 Å². The predicted octanol–water partition coefficient (Wildman–Crippen LogP) is 5.83. The maximum atomic E-state index is 12.8. The van der Waals surface area contributed by atoms with Gasteiger partial charge >= 0.3 is 0 Å². The van der Waals surface area contributed by atoms with Crippen LogP contribution in [0.15, 0.2) is 59.5 Å². The molecule has 37 heavy (non-hydrogen) atoms. The van der Waals surface area contributed by atoms with Crippen LogP contribution in [0.3, 0.4) is 0 Å². The van der Waals surface area contributed by atoms with Gasteiger partial charge in [0.05, 0.1) is 22.9 Å². The molecule has 3 rings (SSSR count). The van der Waals surface area contributed by atoms with Crippen LogP contribution in [0.4, 0.5) is 5.69 Å². The number of aryl methyl sites for hydroxylation is 2. The normalized spacial score (nSPS) is 11.1. The molecule has 0 aliphatic rings. The molecule has 0 heterocycles. The van der Waals surface area contributed by atoms with Crippen molar-refractivity contribution in [2.75, 3.05) is 23.9 Å². The largest absolute Gasteiger partial charge is 0.457 e. The highest BCUT2D eigenvalue weighted by molar-refractivity contribution is 7.98. The van der Waals surface area contributed by atoms with Crippen molar-refractivity contribution in [2.24, 2.45) is 0 Å². The van der Waals surface area contributed by atoms with E-state index in [0.717, 1.165) is 23.3 Å². The van der Waals surface area contributed by atoms with Crippen molar-refractivity contribution < 1.29 is 17.9 Å². The van der Waals surface area contributed by atoms with E-state index in [1.807, 2.05) is 31.4 Å². The minimum absolute atomic E-state index is 0.0894. The third-order valence-corrected chi connectivity index (χ3v) is 7.82. The number of thioether (sulfide) groups is 1. The number of hydrogen-bond donors (Lipinski definition) is 2. The number of hydrogen-bond acceptors (Lipinski definition) is 6. The molecule has 0 aromatic heterocycles. The van der Waals surface area contributed by atoms with Gasteiger partial charge in [0.25, 0.3) is 0 Å². The topological polar surface area (TPSA) is 108 Å². The molecule has 3 aromatic carbocycles. The first-order chi connectivity index (χ1) is 17.6. The minimum Gasteiger partial charge on any atom is -0.457 e. The molecular weight excluding hydrogens is 530 g/mol. The second-order valence-corrected chi connectivity index (χ2v) is 11.6. The maximum absolute atomic E-state index is 12.8. The Morgan fingerprint density at radius 3 is 2.57 bits per heavy atom. The number of anilines is 1. The molecular formula is C27H28ClN3O4S2. The van der Waals surface area contributed by atoms with Crippen LogP contribution in [0.25, 0.3) is 0 Å². The smallest absolute Gasteiger partial charge is 0.240 e. The molecule has 0 aliphatic carbocycles. The second kappa shape index (κ2) is 13.0. The van der Waals surface area contributed by atoms with Gasteiger partial charge in [-0.1, -0.05) is 23.7 Å².